The fourth-order valence-electron chi connectivity index (χ4n) is 2.22. The standard InChI is InChI=1S/C16H16N4/c1-11-3-2-4-12(7-11)9-18-16-14-6-5-13(17)8-15(14)19-10-20-16/h2-8,10H,9,17H2,1H3,(H,18,19,20). The van der Waals surface area contributed by atoms with Crippen LogP contribution in [0.15, 0.2) is 48.8 Å². The molecule has 4 nitrogen and oxygen atoms in total. The maximum atomic E-state index is 5.77. The molecule has 0 atom stereocenters. The van der Waals surface area contributed by atoms with Crippen molar-refractivity contribution in [1.29, 1.82) is 0 Å². The second kappa shape index (κ2) is 5.17. The lowest BCUT2D eigenvalue weighted by atomic mass is 10.1. The summed E-state index contributed by atoms with van der Waals surface area (Å²) in [7, 11) is 0. The molecule has 0 aliphatic carbocycles. The summed E-state index contributed by atoms with van der Waals surface area (Å²) >= 11 is 0. The first kappa shape index (κ1) is 12.4. The van der Waals surface area contributed by atoms with Gasteiger partial charge in [-0.25, -0.2) is 9.97 Å². The van der Waals surface area contributed by atoms with Gasteiger partial charge < -0.3 is 11.1 Å². The predicted molar refractivity (Wildman–Crippen MR) is 82.5 cm³/mol. The topological polar surface area (TPSA) is 63.8 Å². The average molecular weight is 264 g/mol. The normalized spacial score (nSPS) is 10.7. The molecule has 100 valence electrons. The Labute approximate surface area is 117 Å². The van der Waals surface area contributed by atoms with Gasteiger partial charge in [0, 0.05) is 17.6 Å². The van der Waals surface area contributed by atoms with Gasteiger partial charge in [-0.15, -0.1) is 0 Å². The van der Waals surface area contributed by atoms with Crippen LogP contribution in [0.2, 0.25) is 0 Å². The van der Waals surface area contributed by atoms with Crippen LogP contribution in [0.3, 0.4) is 0 Å². The lowest BCUT2D eigenvalue weighted by Gasteiger charge is -2.09. The number of nitrogens with one attached hydrogen (secondary N) is 1. The van der Waals surface area contributed by atoms with Gasteiger partial charge in [-0.3, -0.25) is 0 Å². The van der Waals surface area contributed by atoms with E-state index in [1.807, 2.05) is 18.2 Å². The molecule has 0 spiro atoms. The number of benzene rings is 2. The van der Waals surface area contributed by atoms with E-state index in [0.717, 1.165) is 23.3 Å². The smallest absolute Gasteiger partial charge is 0.137 e. The number of fused-ring (bicyclic) bond motifs is 1. The number of nitrogen functional groups attached to an aromatic ring is 1. The van der Waals surface area contributed by atoms with Gasteiger partial charge in [0.05, 0.1) is 5.52 Å². The molecular weight excluding hydrogens is 248 g/mol. The van der Waals surface area contributed by atoms with E-state index >= 15 is 0 Å². The number of aryl methyl sites for hydroxylation is 1. The molecule has 3 N–H and O–H groups in total. The van der Waals surface area contributed by atoms with E-state index in [2.05, 4.69) is 46.5 Å². The molecule has 0 fully saturated rings. The minimum Gasteiger partial charge on any atom is -0.399 e. The summed E-state index contributed by atoms with van der Waals surface area (Å²) in [6.45, 7) is 2.82. The maximum absolute atomic E-state index is 5.77. The molecule has 0 amide bonds. The van der Waals surface area contributed by atoms with Crippen molar-refractivity contribution in [1.82, 2.24) is 9.97 Å². The van der Waals surface area contributed by atoms with Crippen LogP contribution in [0, 0.1) is 6.92 Å². The largest absolute Gasteiger partial charge is 0.399 e. The molecule has 0 aliphatic heterocycles. The van der Waals surface area contributed by atoms with Gasteiger partial charge in [-0.2, -0.15) is 0 Å². The first-order valence-corrected chi connectivity index (χ1v) is 6.52. The zero-order chi connectivity index (χ0) is 13.9. The number of anilines is 2. The summed E-state index contributed by atoms with van der Waals surface area (Å²) < 4.78 is 0. The fourth-order valence-corrected chi connectivity index (χ4v) is 2.22. The minimum atomic E-state index is 0.709. The van der Waals surface area contributed by atoms with E-state index in [1.54, 1.807) is 6.33 Å². The Kier molecular flexibility index (Phi) is 3.21. The quantitative estimate of drug-likeness (QED) is 0.713. The highest BCUT2D eigenvalue weighted by Crippen LogP contribution is 2.21. The molecule has 0 bridgehead atoms. The average Bonchev–Trinajstić information content (AvgIpc) is 2.44. The Morgan fingerprint density at radius 1 is 1.10 bits per heavy atom. The highest BCUT2D eigenvalue weighted by molar-refractivity contribution is 5.90. The van der Waals surface area contributed by atoms with Crippen LogP contribution in [0.5, 0.6) is 0 Å². The molecule has 20 heavy (non-hydrogen) atoms. The van der Waals surface area contributed by atoms with Crippen molar-refractivity contribution in [2.24, 2.45) is 0 Å². The van der Waals surface area contributed by atoms with Crippen molar-refractivity contribution >= 4 is 22.4 Å². The van der Waals surface area contributed by atoms with Crippen LogP contribution in [0.4, 0.5) is 11.5 Å². The molecule has 2 aromatic carbocycles. The maximum Gasteiger partial charge on any atom is 0.137 e. The summed E-state index contributed by atoms with van der Waals surface area (Å²) in [5.74, 6) is 0.830. The molecule has 0 saturated heterocycles. The summed E-state index contributed by atoms with van der Waals surface area (Å²) in [4.78, 5) is 8.55. The monoisotopic (exact) mass is 264 g/mol. The molecule has 3 rings (SSSR count). The number of nitrogens with two attached hydrogens (primary N) is 1. The first-order valence-electron chi connectivity index (χ1n) is 6.52. The Balaban J connectivity index is 1.87. The van der Waals surface area contributed by atoms with Crippen molar-refractivity contribution in [3.05, 3.63) is 59.9 Å². The predicted octanol–water partition coefficient (Wildman–Crippen LogP) is 3.13. The third kappa shape index (κ3) is 2.54. The lowest BCUT2D eigenvalue weighted by Crippen LogP contribution is -2.03. The molecule has 4 heteroatoms. The van der Waals surface area contributed by atoms with Crippen LogP contribution in [0.25, 0.3) is 10.9 Å². The van der Waals surface area contributed by atoms with Gasteiger partial charge in [-0.1, -0.05) is 29.8 Å². The second-order valence-electron chi connectivity index (χ2n) is 4.84. The highest BCUT2D eigenvalue weighted by Gasteiger charge is 2.03. The summed E-state index contributed by atoms with van der Waals surface area (Å²) in [5, 5.41) is 4.34. The van der Waals surface area contributed by atoms with Gasteiger partial charge in [0.25, 0.3) is 0 Å². The number of hydrogen-bond donors (Lipinski definition) is 2. The van der Waals surface area contributed by atoms with E-state index in [4.69, 9.17) is 5.73 Å². The molecule has 0 unspecified atom stereocenters. The van der Waals surface area contributed by atoms with Crippen molar-refractivity contribution in [2.45, 2.75) is 13.5 Å². The molecule has 1 aromatic heterocycles. The zero-order valence-corrected chi connectivity index (χ0v) is 11.3. The van der Waals surface area contributed by atoms with Gasteiger partial charge in [-0.05, 0) is 30.7 Å². The Morgan fingerprint density at radius 2 is 2.00 bits per heavy atom. The van der Waals surface area contributed by atoms with Crippen LogP contribution in [0.1, 0.15) is 11.1 Å². The molecule has 0 aliphatic rings. The van der Waals surface area contributed by atoms with Crippen molar-refractivity contribution in [2.75, 3.05) is 11.1 Å². The number of nitrogens with zero attached hydrogens (tertiary/aromatic N) is 2. The molecule has 1 heterocycles. The van der Waals surface area contributed by atoms with Crippen LogP contribution in [-0.2, 0) is 6.54 Å². The Hall–Kier alpha value is -2.62. The van der Waals surface area contributed by atoms with Crippen molar-refractivity contribution in [3.8, 4) is 0 Å². The van der Waals surface area contributed by atoms with Gasteiger partial charge >= 0.3 is 0 Å². The number of rotatable bonds is 3. The molecular formula is C16H16N4. The van der Waals surface area contributed by atoms with E-state index in [-0.39, 0.29) is 0 Å². The molecule has 0 saturated carbocycles. The van der Waals surface area contributed by atoms with E-state index in [9.17, 15) is 0 Å². The Bertz CT molecular complexity index is 752. The first-order chi connectivity index (χ1) is 9.72. The summed E-state index contributed by atoms with van der Waals surface area (Å²) in [6, 6.07) is 14.1. The van der Waals surface area contributed by atoms with Crippen LogP contribution < -0.4 is 11.1 Å². The van der Waals surface area contributed by atoms with Crippen LogP contribution in [-0.4, -0.2) is 9.97 Å². The van der Waals surface area contributed by atoms with Gasteiger partial charge in [0.15, 0.2) is 0 Å². The van der Waals surface area contributed by atoms with Crippen molar-refractivity contribution < 1.29 is 0 Å². The molecule has 3 aromatic rings. The third-order valence-corrected chi connectivity index (χ3v) is 3.20. The van der Waals surface area contributed by atoms with E-state index in [0.29, 0.717) is 5.69 Å². The van der Waals surface area contributed by atoms with Crippen molar-refractivity contribution in [3.63, 3.8) is 0 Å². The second-order valence-corrected chi connectivity index (χ2v) is 4.84. The third-order valence-electron chi connectivity index (χ3n) is 3.20. The zero-order valence-electron chi connectivity index (χ0n) is 11.3. The summed E-state index contributed by atoms with van der Waals surface area (Å²) in [5.41, 5.74) is 9.82. The van der Waals surface area contributed by atoms with Gasteiger partial charge in [0.1, 0.15) is 12.1 Å². The molecule has 0 radical (unpaired) electrons. The Morgan fingerprint density at radius 3 is 2.85 bits per heavy atom. The number of hydrogen-bond acceptors (Lipinski definition) is 4. The SMILES string of the molecule is Cc1cccc(CNc2ncnc3cc(N)ccc23)c1. The number of aromatic nitrogens is 2. The summed E-state index contributed by atoms with van der Waals surface area (Å²) in [6.07, 6.45) is 1.56. The van der Waals surface area contributed by atoms with E-state index < -0.39 is 0 Å². The minimum absolute atomic E-state index is 0.709. The highest BCUT2D eigenvalue weighted by atomic mass is 15.0. The van der Waals surface area contributed by atoms with E-state index in [1.165, 1.54) is 11.1 Å². The lowest BCUT2D eigenvalue weighted by molar-refractivity contribution is 1.10. The van der Waals surface area contributed by atoms with Crippen LogP contribution >= 0.6 is 0 Å². The fraction of sp³-hybridized carbons (Fsp3) is 0.125. The van der Waals surface area contributed by atoms with Gasteiger partial charge in [0.2, 0.25) is 0 Å².